The van der Waals surface area contributed by atoms with Crippen LogP contribution in [0.4, 0.5) is 5.00 Å². The van der Waals surface area contributed by atoms with Crippen molar-refractivity contribution in [2.75, 3.05) is 12.4 Å². The van der Waals surface area contributed by atoms with E-state index in [0.717, 1.165) is 24.8 Å². The molecule has 20 heavy (non-hydrogen) atoms. The molecule has 0 saturated carbocycles. The molecule has 2 atom stereocenters. The third-order valence-corrected chi connectivity index (χ3v) is 4.87. The van der Waals surface area contributed by atoms with E-state index in [1.54, 1.807) is 6.92 Å². The third-order valence-electron chi connectivity index (χ3n) is 3.50. The van der Waals surface area contributed by atoms with Gasteiger partial charge in [-0.3, -0.25) is 4.79 Å². The Balaban J connectivity index is 2.40. The molecule has 0 aromatic carbocycles. The zero-order valence-corrected chi connectivity index (χ0v) is 13.4. The van der Waals surface area contributed by atoms with Crippen LogP contribution < -0.4 is 5.32 Å². The molecule has 110 valence electrons. The molecule has 1 aliphatic carbocycles. The maximum Gasteiger partial charge on any atom is 0.341 e. The molecule has 0 bridgehead atoms. The average Bonchev–Trinajstić information content (AvgIpc) is 2.74. The predicted molar refractivity (Wildman–Crippen MR) is 80.8 cm³/mol. The van der Waals surface area contributed by atoms with Gasteiger partial charge in [0.2, 0.25) is 5.91 Å². The third kappa shape index (κ3) is 2.99. The number of fused-ring (bicyclic) bond motifs is 1. The van der Waals surface area contributed by atoms with Crippen molar-refractivity contribution in [2.45, 2.75) is 38.5 Å². The highest BCUT2D eigenvalue weighted by Gasteiger charge is 2.29. The minimum atomic E-state index is -0.640. The summed E-state index contributed by atoms with van der Waals surface area (Å²) in [5.41, 5.74) is 1.53. The van der Waals surface area contributed by atoms with Gasteiger partial charge < -0.3 is 10.1 Å². The van der Waals surface area contributed by atoms with Gasteiger partial charge in [0.05, 0.1) is 12.7 Å². The van der Waals surface area contributed by atoms with Crippen LogP contribution >= 0.6 is 22.9 Å². The van der Waals surface area contributed by atoms with E-state index in [1.165, 1.54) is 23.3 Å². The first-order chi connectivity index (χ1) is 9.43. The van der Waals surface area contributed by atoms with Gasteiger partial charge >= 0.3 is 5.97 Å². The Hall–Kier alpha value is -1.07. The molecule has 2 rings (SSSR count). The molecular formula is C14H18ClNO3S. The van der Waals surface area contributed by atoms with Gasteiger partial charge in [0.1, 0.15) is 10.4 Å². The molecule has 0 spiro atoms. The van der Waals surface area contributed by atoms with Crippen molar-refractivity contribution in [1.82, 2.24) is 0 Å². The highest BCUT2D eigenvalue weighted by Crippen LogP contribution is 2.40. The first kappa shape index (κ1) is 15.3. The van der Waals surface area contributed by atoms with Crippen molar-refractivity contribution in [2.24, 2.45) is 5.92 Å². The molecular weight excluding hydrogens is 298 g/mol. The van der Waals surface area contributed by atoms with Crippen molar-refractivity contribution in [1.29, 1.82) is 0 Å². The van der Waals surface area contributed by atoms with Gasteiger partial charge in [0.25, 0.3) is 0 Å². The Labute approximate surface area is 127 Å². The van der Waals surface area contributed by atoms with Gasteiger partial charge in [0.15, 0.2) is 0 Å². The van der Waals surface area contributed by atoms with E-state index in [0.29, 0.717) is 16.5 Å². The molecule has 1 heterocycles. The number of rotatable bonds is 3. The molecule has 1 aromatic rings. The van der Waals surface area contributed by atoms with Crippen LogP contribution in [0.2, 0.25) is 0 Å². The highest BCUT2D eigenvalue weighted by molar-refractivity contribution is 7.17. The minimum Gasteiger partial charge on any atom is -0.465 e. The van der Waals surface area contributed by atoms with Crippen molar-refractivity contribution in [3.8, 4) is 0 Å². The number of thiophene rings is 1. The number of esters is 1. The summed E-state index contributed by atoms with van der Waals surface area (Å²) >= 11 is 7.23. The first-order valence-electron chi connectivity index (χ1n) is 6.61. The number of amides is 1. The summed E-state index contributed by atoms with van der Waals surface area (Å²) in [5.74, 6) is -0.0970. The second-order valence-electron chi connectivity index (χ2n) is 5.15. The molecule has 1 N–H and O–H groups in total. The van der Waals surface area contributed by atoms with E-state index in [1.807, 2.05) is 0 Å². The van der Waals surface area contributed by atoms with Crippen molar-refractivity contribution in [3.63, 3.8) is 0 Å². The number of ether oxygens (including phenoxy) is 1. The summed E-state index contributed by atoms with van der Waals surface area (Å²) in [6.07, 6.45) is 2.84. The Morgan fingerprint density at radius 3 is 2.80 bits per heavy atom. The summed E-state index contributed by atoms with van der Waals surface area (Å²) < 4.78 is 4.85. The molecule has 0 radical (unpaired) electrons. The maximum absolute atomic E-state index is 12.0. The maximum atomic E-state index is 12.0. The molecule has 1 aliphatic rings. The predicted octanol–water partition coefficient (Wildman–Crippen LogP) is 3.23. The van der Waals surface area contributed by atoms with Gasteiger partial charge in [-0.15, -0.1) is 22.9 Å². The number of hydrogen-bond acceptors (Lipinski definition) is 4. The van der Waals surface area contributed by atoms with Crippen molar-refractivity contribution < 1.29 is 14.3 Å². The molecule has 4 nitrogen and oxygen atoms in total. The second-order valence-corrected chi connectivity index (χ2v) is 6.91. The lowest BCUT2D eigenvalue weighted by Gasteiger charge is -2.18. The van der Waals surface area contributed by atoms with Crippen LogP contribution in [-0.2, 0) is 22.4 Å². The van der Waals surface area contributed by atoms with Crippen LogP contribution in [0.25, 0.3) is 0 Å². The van der Waals surface area contributed by atoms with Crippen LogP contribution in [0.3, 0.4) is 0 Å². The standard InChI is InChI=1S/C14H18ClNO3S/c1-7-4-5-9-10(6-7)20-13(11(9)14(18)19-3)16-12(17)8(2)15/h7-8H,4-6H2,1-3H3,(H,16,17)/t7-,8+/m1/s1. The molecule has 0 unspecified atom stereocenters. The summed E-state index contributed by atoms with van der Waals surface area (Å²) in [5, 5.41) is 2.67. The summed E-state index contributed by atoms with van der Waals surface area (Å²) in [6.45, 7) is 3.80. The van der Waals surface area contributed by atoms with Crippen LogP contribution in [0, 0.1) is 5.92 Å². The first-order valence-corrected chi connectivity index (χ1v) is 7.87. The van der Waals surface area contributed by atoms with Crippen LogP contribution in [-0.4, -0.2) is 24.4 Å². The zero-order chi connectivity index (χ0) is 14.9. The fourth-order valence-electron chi connectivity index (χ4n) is 2.37. The average molecular weight is 316 g/mol. The van der Waals surface area contributed by atoms with Crippen molar-refractivity contribution >= 4 is 39.8 Å². The monoisotopic (exact) mass is 315 g/mol. The minimum absolute atomic E-state index is 0.302. The smallest absolute Gasteiger partial charge is 0.341 e. The topological polar surface area (TPSA) is 55.4 Å². The SMILES string of the molecule is COC(=O)c1c(NC(=O)[C@H](C)Cl)sc2c1CC[C@@H](C)C2. The largest absolute Gasteiger partial charge is 0.465 e. The Bertz CT molecular complexity index is 539. The lowest BCUT2D eigenvalue weighted by molar-refractivity contribution is -0.115. The molecule has 0 saturated heterocycles. The number of nitrogens with one attached hydrogen (secondary N) is 1. The van der Waals surface area contributed by atoms with Crippen molar-refractivity contribution in [3.05, 3.63) is 16.0 Å². The Morgan fingerprint density at radius 1 is 1.50 bits per heavy atom. The van der Waals surface area contributed by atoms with Gasteiger partial charge in [0, 0.05) is 4.88 Å². The zero-order valence-electron chi connectivity index (χ0n) is 11.8. The molecule has 6 heteroatoms. The second kappa shape index (κ2) is 6.14. The van der Waals surface area contributed by atoms with E-state index in [4.69, 9.17) is 16.3 Å². The van der Waals surface area contributed by atoms with Gasteiger partial charge in [-0.2, -0.15) is 0 Å². The van der Waals surface area contributed by atoms with Gasteiger partial charge in [-0.05, 0) is 37.7 Å². The number of anilines is 1. The van der Waals surface area contributed by atoms with E-state index >= 15 is 0 Å². The summed E-state index contributed by atoms with van der Waals surface area (Å²) in [6, 6.07) is 0. The number of carbonyl (C=O) groups is 2. The quantitative estimate of drug-likeness (QED) is 0.688. The number of alkyl halides is 1. The number of hydrogen-bond donors (Lipinski definition) is 1. The van der Waals surface area contributed by atoms with Crippen LogP contribution in [0.1, 0.15) is 41.1 Å². The molecule has 0 aliphatic heterocycles. The van der Waals surface area contributed by atoms with E-state index in [9.17, 15) is 9.59 Å². The molecule has 1 amide bonds. The lowest BCUT2D eigenvalue weighted by atomic mass is 9.88. The summed E-state index contributed by atoms with van der Waals surface area (Å²) in [4.78, 5) is 24.9. The highest BCUT2D eigenvalue weighted by atomic mass is 35.5. The Morgan fingerprint density at radius 2 is 2.20 bits per heavy atom. The lowest BCUT2D eigenvalue weighted by Crippen LogP contribution is -2.21. The van der Waals surface area contributed by atoms with Gasteiger partial charge in [-0.25, -0.2) is 4.79 Å². The molecule has 1 aromatic heterocycles. The number of carbonyl (C=O) groups excluding carboxylic acids is 2. The fraction of sp³-hybridized carbons (Fsp3) is 0.571. The normalized spacial score (nSPS) is 19.1. The van der Waals surface area contributed by atoms with E-state index in [-0.39, 0.29) is 5.91 Å². The van der Waals surface area contributed by atoms with Crippen LogP contribution in [0.15, 0.2) is 0 Å². The molecule has 0 fully saturated rings. The van der Waals surface area contributed by atoms with E-state index in [2.05, 4.69) is 12.2 Å². The van der Waals surface area contributed by atoms with Gasteiger partial charge in [-0.1, -0.05) is 6.92 Å². The summed E-state index contributed by atoms with van der Waals surface area (Å²) in [7, 11) is 1.35. The van der Waals surface area contributed by atoms with Crippen LogP contribution in [0.5, 0.6) is 0 Å². The Kier molecular flexibility index (Phi) is 4.70. The van der Waals surface area contributed by atoms with E-state index < -0.39 is 11.3 Å². The fourth-order valence-corrected chi connectivity index (χ4v) is 3.82. The number of halogens is 1. The number of methoxy groups -OCH3 is 1.